The van der Waals surface area contributed by atoms with Crippen molar-refractivity contribution in [1.82, 2.24) is 9.13 Å². The second-order valence-electron chi connectivity index (χ2n) is 14.8. The number of fused-ring (bicyclic) bond motifs is 18. The van der Waals surface area contributed by atoms with Gasteiger partial charge < -0.3 is 13.6 Å². The Hall–Kier alpha value is -7.36. The average Bonchev–Trinajstić information content (AvgIpc) is 3.91. The van der Waals surface area contributed by atoms with E-state index in [1.807, 2.05) is 0 Å². The minimum atomic E-state index is 0.908. The van der Waals surface area contributed by atoms with Crippen molar-refractivity contribution in [3.05, 3.63) is 182 Å². The summed E-state index contributed by atoms with van der Waals surface area (Å²) in [5.74, 6) is 0. The van der Waals surface area contributed by atoms with E-state index in [1.165, 1.54) is 75.8 Å². The van der Waals surface area contributed by atoms with Gasteiger partial charge in [0.1, 0.15) is 11.2 Å². The Morgan fingerprint density at radius 2 is 0.855 bits per heavy atom. The van der Waals surface area contributed by atoms with Gasteiger partial charge in [0.2, 0.25) is 0 Å². The Morgan fingerprint density at radius 1 is 0.309 bits per heavy atom. The van der Waals surface area contributed by atoms with Gasteiger partial charge in [-0.1, -0.05) is 121 Å². The van der Waals surface area contributed by atoms with Gasteiger partial charge in [0.05, 0.1) is 27.5 Å². The number of hydrogen-bond acceptors (Lipinski definition) is 1. The lowest BCUT2D eigenvalue weighted by atomic mass is 9.94. The summed E-state index contributed by atoms with van der Waals surface area (Å²) in [7, 11) is 0. The van der Waals surface area contributed by atoms with Crippen molar-refractivity contribution in [3.63, 3.8) is 0 Å². The molecule has 3 aromatic heterocycles. The van der Waals surface area contributed by atoms with Crippen molar-refractivity contribution in [2.75, 3.05) is 0 Å². The largest absolute Gasteiger partial charge is 0.455 e. The normalized spacial score (nSPS) is 12.4. The summed E-state index contributed by atoms with van der Waals surface area (Å²) in [6.45, 7) is 0. The molecule has 0 aliphatic rings. The molecule has 0 radical (unpaired) electrons. The van der Waals surface area contributed by atoms with Gasteiger partial charge in [0, 0.05) is 38.3 Å². The molecule has 0 aliphatic carbocycles. The smallest absolute Gasteiger partial charge is 0.145 e. The molecule has 0 unspecified atom stereocenters. The zero-order valence-corrected chi connectivity index (χ0v) is 29.6. The summed E-state index contributed by atoms with van der Waals surface area (Å²) in [5, 5.41) is 17.1. The number of aromatic nitrogens is 2. The Kier molecular flexibility index (Phi) is 5.63. The SMILES string of the molecule is c1ccc2cc(-n3c4ccc5c6ccccc6oc5c4c4ccc5c(c6ccccc6n5-c5ccc6c7ccccc7c7ccccc7c6c5)c43)ccc2c1. The molecular formula is C52H30N2O. The van der Waals surface area contributed by atoms with E-state index in [0.29, 0.717) is 0 Å². The molecule has 10 aromatic carbocycles. The monoisotopic (exact) mass is 698 g/mol. The fraction of sp³-hybridized carbons (Fsp3) is 0. The zero-order chi connectivity index (χ0) is 35.8. The highest BCUT2D eigenvalue weighted by molar-refractivity contribution is 6.31. The standard InChI is InChI=1S/C52H30N2O/c1-2-12-32-29-33(22-21-31(32)11-1)54-47-27-25-41-40-17-8-10-20-48(40)55-52(41)50(47)43-26-28-46-49(51(43)54)42-18-7-9-19-45(42)53(46)34-23-24-39-37-15-4-3-13-35(37)36-14-5-6-16-38(36)44(39)30-34/h1-30H. The minimum Gasteiger partial charge on any atom is -0.455 e. The number of nitrogens with zero attached hydrogens (tertiary/aromatic N) is 2. The third kappa shape index (κ3) is 3.84. The van der Waals surface area contributed by atoms with E-state index in [1.54, 1.807) is 0 Å². The molecule has 0 atom stereocenters. The number of benzene rings is 10. The molecule has 0 bridgehead atoms. The van der Waals surface area contributed by atoms with Crippen LogP contribution < -0.4 is 0 Å². The third-order valence-electron chi connectivity index (χ3n) is 12.0. The van der Waals surface area contributed by atoms with Crippen molar-refractivity contribution < 1.29 is 4.42 Å². The lowest BCUT2D eigenvalue weighted by molar-refractivity contribution is 0.673. The fourth-order valence-corrected chi connectivity index (χ4v) is 9.72. The average molecular weight is 699 g/mol. The molecule has 0 amide bonds. The molecule has 55 heavy (non-hydrogen) atoms. The van der Waals surface area contributed by atoms with Crippen LogP contribution in [0.2, 0.25) is 0 Å². The third-order valence-corrected chi connectivity index (χ3v) is 12.0. The van der Waals surface area contributed by atoms with Gasteiger partial charge in [0.25, 0.3) is 0 Å². The van der Waals surface area contributed by atoms with Crippen molar-refractivity contribution in [2.45, 2.75) is 0 Å². The van der Waals surface area contributed by atoms with Gasteiger partial charge in [-0.05, 0) is 104 Å². The molecule has 0 saturated heterocycles. The maximum Gasteiger partial charge on any atom is 0.145 e. The molecule has 3 heteroatoms. The summed E-state index contributed by atoms with van der Waals surface area (Å²) >= 11 is 0. The predicted octanol–water partition coefficient (Wildman–Crippen LogP) is 14.4. The molecule has 13 rings (SSSR count). The van der Waals surface area contributed by atoms with Crippen LogP contribution in [-0.2, 0) is 0 Å². The van der Waals surface area contributed by atoms with Crippen molar-refractivity contribution in [2.24, 2.45) is 0 Å². The quantitative estimate of drug-likeness (QED) is 0.165. The van der Waals surface area contributed by atoms with Gasteiger partial charge in [-0.2, -0.15) is 0 Å². The Labute approximate surface area is 314 Å². The van der Waals surface area contributed by atoms with Crippen molar-refractivity contribution >= 4 is 109 Å². The van der Waals surface area contributed by atoms with E-state index >= 15 is 0 Å². The number of rotatable bonds is 2. The van der Waals surface area contributed by atoms with Crippen LogP contribution in [0.5, 0.6) is 0 Å². The highest BCUT2D eigenvalue weighted by Gasteiger charge is 2.24. The topological polar surface area (TPSA) is 23.0 Å². The molecule has 0 aliphatic heterocycles. The first kappa shape index (κ1) is 29.1. The zero-order valence-electron chi connectivity index (χ0n) is 29.6. The van der Waals surface area contributed by atoms with Gasteiger partial charge in [0.15, 0.2) is 0 Å². The summed E-state index contributed by atoms with van der Waals surface area (Å²) in [5.41, 5.74) is 8.77. The van der Waals surface area contributed by atoms with Crippen LogP contribution in [0.15, 0.2) is 186 Å². The second kappa shape index (κ2) is 10.6. The number of furan rings is 1. The van der Waals surface area contributed by atoms with Crippen LogP contribution in [0.4, 0.5) is 0 Å². The van der Waals surface area contributed by atoms with Gasteiger partial charge in [-0.25, -0.2) is 0 Å². The minimum absolute atomic E-state index is 0.908. The van der Waals surface area contributed by atoms with Crippen LogP contribution in [0, 0.1) is 0 Å². The number of hydrogen-bond donors (Lipinski definition) is 0. The lowest BCUT2D eigenvalue weighted by Gasteiger charge is -2.14. The molecule has 0 spiro atoms. The predicted molar refractivity (Wildman–Crippen MR) is 232 cm³/mol. The first-order valence-corrected chi connectivity index (χ1v) is 18.9. The van der Waals surface area contributed by atoms with Crippen LogP contribution in [0.1, 0.15) is 0 Å². The van der Waals surface area contributed by atoms with E-state index in [9.17, 15) is 0 Å². The van der Waals surface area contributed by atoms with E-state index in [0.717, 1.165) is 44.2 Å². The van der Waals surface area contributed by atoms with Gasteiger partial charge in [-0.15, -0.1) is 0 Å². The first-order valence-electron chi connectivity index (χ1n) is 18.9. The maximum absolute atomic E-state index is 6.76. The van der Waals surface area contributed by atoms with E-state index in [-0.39, 0.29) is 0 Å². The van der Waals surface area contributed by atoms with E-state index in [2.05, 4.69) is 191 Å². The summed E-state index contributed by atoms with van der Waals surface area (Å²) in [6.07, 6.45) is 0. The molecule has 13 aromatic rings. The molecule has 0 fully saturated rings. The summed E-state index contributed by atoms with van der Waals surface area (Å²) < 4.78 is 11.7. The van der Waals surface area contributed by atoms with Crippen LogP contribution in [0.25, 0.3) is 120 Å². The highest BCUT2D eigenvalue weighted by atomic mass is 16.3. The Balaban J connectivity index is 1.20. The highest BCUT2D eigenvalue weighted by Crippen LogP contribution is 2.46. The summed E-state index contributed by atoms with van der Waals surface area (Å²) in [4.78, 5) is 0. The molecular weight excluding hydrogens is 669 g/mol. The van der Waals surface area contributed by atoms with Crippen LogP contribution in [-0.4, -0.2) is 9.13 Å². The first-order chi connectivity index (χ1) is 27.3. The Bertz CT molecular complexity index is 3750. The molecule has 3 nitrogen and oxygen atoms in total. The fourth-order valence-electron chi connectivity index (χ4n) is 9.72. The van der Waals surface area contributed by atoms with Gasteiger partial charge >= 0.3 is 0 Å². The number of para-hydroxylation sites is 2. The van der Waals surface area contributed by atoms with Gasteiger partial charge in [-0.3, -0.25) is 0 Å². The second-order valence-corrected chi connectivity index (χ2v) is 14.8. The van der Waals surface area contributed by atoms with E-state index in [4.69, 9.17) is 4.42 Å². The van der Waals surface area contributed by atoms with Crippen molar-refractivity contribution in [1.29, 1.82) is 0 Å². The molecule has 254 valence electrons. The van der Waals surface area contributed by atoms with E-state index < -0.39 is 0 Å². The molecule has 3 heterocycles. The van der Waals surface area contributed by atoms with Crippen LogP contribution >= 0.6 is 0 Å². The molecule has 0 N–H and O–H groups in total. The Morgan fingerprint density at radius 3 is 1.64 bits per heavy atom. The van der Waals surface area contributed by atoms with Crippen molar-refractivity contribution in [3.8, 4) is 11.4 Å². The molecule has 0 saturated carbocycles. The summed E-state index contributed by atoms with van der Waals surface area (Å²) in [6, 6.07) is 66.6. The van der Waals surface area contributed by atoms with Crippen LogP contribution in [0.3, 0.4) is 0 Å². The lowest BCUT2D eigenvalue weighted by Crippen LogP contribution is -1.96. The maximum atomic E-state index is 6.76.